The molecular weight excluding hydrogens is 156 g/mol. The lowest BCUT2D eigenvalue weighted by Crippen LogP contribution is -2.45. The largest absolute Gasteiger partial charge is 0.381 e. The van der Waals surface area contributed by atoms with Crippen molar-refractivity contribution in [2.45, 2.75) is 32.3 Å². The maximum Gasteiger partial charge on any atom is 0.163 e. The van der Waals surface area contributed by atoms with Gasteiger partial charge in [-0.2, -0.15) is 0 Å². The van der Waals surface area contributed by atoms with Gasteiger partial charge >= 0.3 is 0 Å². The van der Waals surface area contributed by atoms with Gasteiger partial charge in [0.25, 0.3) is 0 Å². The van der Waals surface area contributed by atoms with Crippen molar-refractivity contribution in [2.75, 3.05) is 13.7 Å². The Morgan fingerprint density at radius 3 is 2.67 bits per heavy atom. The highest BCUT2D eigenvalue weighted by Gasteiger charge is 2.46. The molecular formula is C9H16O3. The van der Waals surface area contributed by atoms with Crippen LogP contribution in [0.4, 0.5) is 0 Å². The lowest BCUT2D eigenvalue weighted by molar-refractivity contribution is -0.183. The topological polar surface area (TPSA) is 27.7 Å². The van der Waals surface area contributed by atoms with Crippen LogP contribution in [0.1, 0.15) is 13.8 Å². The Kier molecular flexibility index (Phi) is 2.10. The first-order chi connectivity index (χ1) is 5.74. The maximum absolute atomic E-state index is 5.65. The molecule has 0 saturated carbocycles. The summed E-state index contributed by atoms with van der Waals surface area (Å²) in [5.41, 5.74) is 0. The van der Waals surface area contributed by atoms with Crippen molar-refractivity contribution in [3.05, 3.63) is 0 Å². The summed E-state index contributed by atoms with van der Waals surface area (Å²) >= 11 is 0. The number of fused-ring (bicyclic) bond motifs is 2. The molecule has 70 valence electrons. The molecule has 3 nitrogen and oxygen atoms in total. The van der Waals surface area contributed by atoms with Crippen molar-refractivity contribution < 1.29 is 14.2 Å². The van der Waals surface area contributed by atoms with Gasteiger partial charge in [-0.15, -0.1) is 0 Å². The molecule has 0 aliphatic carbocycles. The second-order valence-corrected chi connectivity index (χ2v) is 3.79. The summed E-state index contributed by atoms with van der Waals surface area (Å²) in [5, 5.41) is 0. The van der Waals surface area contributed by atoms with E-state index in [-0.39, 0.29) is 18.5 Å². The van der Waals surface area contributed by atoms with Crippen LogP contribution in [0.15, 0.2) is 0 Å². The van der Waals surface area contributed by atoms with E-state index in [0.29, 0.717) is 11.8 Å². The van der Waals surface area contributed by atoms with Crippen LogP contribution in [0.25, 0.3) is 0 Å². The van der Waals surface area contributed by atoms with E-state index in [4.69, 9.17) is 14.2 Å². The van der Waals surface area contributed by atoms with E-state index in [0.717, 1.165) is 6.61 Å². The van der Waals surface area contributed by atoms with E-state index in [2.05, 4.69) is 13.8 Å². The highest BCUT2D eigenvalue weighted by molar-refractivity contribution is 4.89. The Balaban J connectivity index is 2.14. The summed E-state index contributed by atoms with van der Waals surface area (Å²) in [7, 11) is 1.77. The van der Waals surface area contributed by atoms with Crippen LogP contribution in [0.3, 0.4) is 0 Å². The molecule has 0 amide bonds. The molecule has 2 heterocycles. The SMILES string of the molecule is CO[C@@H]1[C@@H](C)[C@H]2COC(O2)[C@@H]1C. The van der Waals surface area contributed by atoms with Crippen molar-refractivity contribution >= 4 is 0 Å². The third kappa shape index (κ3) is 1.08. The first kappa shape index (κ1) is 8.48. The van der Waals surface area contributed by atoms with Gasteiger partial charge in [-0.3, -0.25) is 0 Å². The van der Waals surface area contributed by atoms with Gasteiger partial charge in [-0.1, -0.05) is 13.8 Å². The summed E-state index contributed by atoms with van der Waals surface area (Å²) in [5.74, 6) is 0.799. The molecule has 0 aromatic heterocycles. The van der Waals surface area contributed by atoms with Gasteiger partial charge in [0, 0.05) is 18.9 Å². The summed E-state index contributed by atoms with van der Waals surface area (Å²) in [6.07, 6.45) is 0.503. The third-order valence-corrected chi connectivity index (χ3v) is 3.06. The Morgan fingerprint density at radius 2 is 2.00 bits per heavy atom. The van der Waals surface area contributed by atoms with Gasteiger partial charge in [0.05, 0.1) is 18.8 Å². The Labute approximate surface area is 73.0 Å². The number of methoxy groups -OCH3 is 1. The van der Waals surface area contributed by atoms with Gasteiger partial charge in [-0.05, 0) is 0 Å². The van der Waals surface area contributed by atoms with Gasteiger partial charge < -0.3 is 14.2 Å². The van der Waals surface area contributed by atoms with E-state index in [1.54, 1.807) is 7.11 Å². The molecule has 5 atom stereocenters. The summed E-state index contributed by atoms with van der Waals surface area (Å²) in [6.45, 7) is 5.02. The Hall–Kier alpha value is -0.120. The van der Waals surface area contributed by atoms with Crippen LogP contribution < -0.4 is 0 Å². The molecule has 2 bridgehead atoms. The van der Waals surface area contributed by atoms with Crippen LogP contribution in [0, 0.1) is 11.8 Å². The second-order valence-electron chi connectivity index (χ2n) is 3.79. The highest BCUT2D eigenvalue weighted by atomic mass is 16.7. The van der Waals surface area contributed by atoms with Crippen LogP contribution in [0.5, 0.6) is 0 Å². The first-order valence-electron chi connectivity index (χ1n) is 4.54. The number of ether oxygens (including phenoxy) is 3. The van der Waals surface area contributed by atoms with E-state index >= 15 is 0 Å². The molecule has 2 rings (SSSR count). The van der Waals surface area contributed by atoms with Crippen LogP contribution >= 0.6 is 0 Å². The Morgan fingerprint density at radius 1 is 1.25 bits per heavy atom. The molecule has 2 aliphatic rings. The van der Waals surface area contributed by atoms with Crippen LogP contribution in [-0.2, 0) is 14.2 Å². The molecule has 1 unspecified atom stereocenters. The average Bonchev–Trinajstić information content (AvgIpc) is 2.48. The van der Waals surface area contributed by atoms with E-state index in [9.17, 15) is 0 Å². The normalized spacial score (nSPS) is 52.8. The minimum Gasteiger partial charge on any atom is -0.381 e. The molecule has 0 radical (unpaired) electrons. The standard InChI is InChI=1S/C9H16O3/c1-5-7-4-11-9(12-7)6(2)8(5)10-3/h5-9H,4H2,1-3H3/t5-,6+,7+,8+,9?/m0/s1. The van der Waals surface area contributed by atoms with Crippen molar-refractivity contribution in [3.63, 3.8) is 0 Å². The molecule has 2 aliphatic heterocycles. The fourth-order valence-electron chi connectivity index (χ4n) is 2.27. The van der Waals surface area contributed by atoms with Crippen molar-refractivity contribution in [1.82, 2.24) is 0 Å². The fourth-order valence-corrected chi connectivity index (χ4v) is 2.27. The quantitative estimate of drug-likeness (QED) is 0.591. The monoisotopic (exact) mass is 172 g/mol. The molecule has 12 heavy (non-hydrogen) atoms. The van der Waals surface area contributed by atoms with Crippen LogP contribution in [0.2, 0.25) is 0 Å². The fraction of sp³-hybridized carbons (Fsp3) is 1.00. The van der Waals surface area contributed by atoms with Gasteiger partial charge in [-0.25, -0.2) is 0 Å². The number of hydrogen-bond donors (Lipinski definition) is 0. The summed E-state index contributed by atoms with van der Waals surface area (Å²) in [4.78, 5) is 0. The maximum atomic E-state index is 5.65. The lowest BCUT2D eigenvalue weighted by Gasteiger charge is -2.36. The zero-order valence-electron chi connectivity index (χ0n) is 7.82. The summed E-state index contributed by atoms with van der Waals surface area (Å²) in [6, 6.07) is 0. The van der Waals surface area contributed by atoms with E-state index < -0.39 is 0 Å². The van der Waals surface area contributed by atoms with Crippen molar-refractivity contribution in [2.24, 2.45) is 11.8 Å². The minimum atomic E-state index is -0.0313. The summed E-state index contributed by atoms with van der Waals surface area (Å²) < 4.78 is 16.6. The Bertz CT molecular complexity index is 155. The molecule has 3 heteroatoms. The average molecular weight is 172 g/mol. The molecule has 0 N–H and O–H groups in total. The minimum absolute atomic E-state index is 0.0313. The molecule has 2 saturated heterocycles. The predicted molar refractivity (Wildman–Crippen MR) is 43.7 cm³/mol. The molecule has 0 aromatic rings. The van der Waals surface area contributed by atoms with Crippen LogP contribution in [-0.4, -0.2) is 32.2 Å². The predicted octanol–water partition coefficient (Wildman–Crippen LogP) is 1.03. The number of rotatable bonds is 1. The third-order valence-electron chi connectivity index (χ3n) is 3.06. The lowest BCUT2D eigenvalue weighted by atomic mass is 9.87. The first-order valence-corrected chi connectivity index (χ1v) is 4.54. The molecule has 2 fully saturated rings. The van der Waals surface area contributed by atoms with Gasteiger partial charge in [0.1, 0.15) is 0 Å². The highest BCUT2D eigenvalue weighted by Crippen LogP contribution is 2.36. The van der Waals surface area contributed by atoms with Crippen molar-refractivity contribution in [1.29, 1.82) is 0 Å². The molecule has 0 spiro atoms. The van der Waals surface area contributed by atoms with Crippen molar-refractivity contribution in [3.8, 4) is 0 Å². The second kappa shape index (κ2) is 2.98. The number of hydrogen-bond acceptors (Lipinski definition) is 3. The van der Waals surface area contributed by atoms with Gasteiger partial charge in [0.2, 0.25) is 0 Å². The zero-order valence-corrected chi connectivity index (χ0v) is 7.82. The molecule has 0 aromatic carbocycles. The van der Waals surface area contributed by atoms with Gasteiger partial charge in [0.15, 0.2) is 6.29 Å². The van der Waals surface area contributed by atoms with E-state index in [1.165, 1.54) is 0 Å². The zero-order chi connectivity index (χ0) is 8.72. The smallest absolute Gasteiger partial charge is 0.163 e. The van der Waals surface area contributed by atoms with E-state index in [1.807, 2.05) is 0 Å².